The summed E-state index contributed by atoms with van der Waals surface area (Å²) in [5.74, 6) is 2.38. The van der Waals surface area contributed by atoms with Crippen molar-refractivity contribution in [3.05, 3.63) is 109 Å². The number of esters is 2. The molecule has 0 heterocycles. The fourth-order valence-corrected chi connectivity index (χ4v) is 11.9. The van der Waals surface area contributed by atoms with Crippen molar-refractivity contribution in [2.75, 3.05) is 13.2 Å². The Bertz CT molecular complexity index is 1810. The van der Waals surface area contributed by atoms with E-state index >= 15 is 0 Å². The summed E-state index contributed by atoms with van der Waals surface area (Å²) in [5, 5.41) is 0. The molecule has 2 aliphatic carbocycles. The van der Waals surface area contributed by atoms with E-state index in [9.17, 15) is 9.59 Å². The molecular formula is C46H50I4O8. The smallest absolute Gasteiger partial charge is 0.344 e. The van der Waals surface area contributed by atoms with Crippen LogP contribution >= 0.6 is 90.4 Å². The number of aryl methyl sites for hydroxylation is 2. The normalized spacial score (nSPS) is 15.9. The molecule has 12 heteroatoms. The predicted octanol–water partition coefficient (Wildman–Crippen LogP) is 12.3. The quantitative estimate of drug-likeness (QED) is 0.0763. The molecule has 0 bridgehead atoms. The van der Waals surface area contributed by atoms with Crippen molar-refractivity contribution >= 4 is 102 Å². The van der Waals surface area contributed by atoms with Crippen molar-refractivity contribution in [3.63, 3.8) is 0 Å². The van der Waals surface area contributed by atoms with Gasteiger partial charge in [-0.3, -0.25) is 0 Å². The number of hydrogen-bond acceptors (Lipinski definition) is 8. The third-order valence-electron chi connectivity index (χ3n) is 10.7. The van der Waals surface area contributed by atoms with Gasteiger partial charge in [0.25, 0.3) is 0 Å². The summed E-state index contributed by atoms with van der Waals surface area (Å²) in [5.41, 5.74) is 3.79. The molecule has 0 aromatic heterocycles. The molecular weight excluding hydrogens is 1190 g/mol. The van der Waals surface area contributed by atoms with E-state index in [4.69, 9.17) is 28.4 Å². The SMILES string of the molecule is CC1(OC(=O)COc2c(I)cc(COc3ccc(CCc4ccc(OCc5cc(I)c(OCC(=O)OC6(C)CCCCC6)c(I)c5)cc4)cc3)cc2I)CCCCC1. The van der Waals surface area contributed by atoms with Crippen LogP contribution in [0.4, 0.5) is 0 Å². The lowest BCUT2D eigenvalue weighted by molar-refractivity contribution is -0.164. The molecule has 0 N–H and O–H groups in total. The highest BCUT2D eigenvalue weighted by Gasteiger charge is 2.32. The lowest BCUT2D eigenvalue weighted by Crippen LogP contribution is -2.35. The molecule has 4 aromatic carbocycles. The Morgan fingerprint density at radius 3 is 1.14 bits per heavy atom. The fourth-order valence-electron chi connectivity index (χ4n) is 7.47. The zero-order chi connectivity index (χ0) is 41.1. The van der Waals surface area contributed by atoms with Gasteiger partial charge in [-0.1, -0.05) is 37.1 Å². The van der Waals surface area contributed by atoms with E-state index in [-0.39, 0.29) is 36.4 Å². The van der Waals surface area contributed by atoms with E-state index in [1.165, 1.54) is 24.0 Å². The monoisotopic (exact) mass is 1240 g/mol. The minimum absolute atomic E-state index is 0.0986. The number of rotatable bonds is 17. The highest BCUT2D eigenvalue weighted by molar-refractivity contribution is 14.1. The van der Waals surface area contributed by atoms with Crippen LogP contribution in [0.15, 0.2) is 72.8 Å². The average molecular weight is 1240 g/mol. The molecule has 0 amide bonds. The third kappa shape index (κ3) is 13.7. The van der Waals surface area contributed by atoms with E-state index in [2.05, 4.69) is 115 Å². The minimum atomic E-state index is -0.372. The number of carbonyl (C=O) groups excluding carboxylic acids is 2. The van der Waals surface area contributed by atoms with Crippen LogP contribution in [-0.4, -0.2) is 36.4 Å². The first kappa shape index (κ1) is 45.5. The number of carbonyl (C=O) groups is 2. The van der Waals surface area contributed by atoms with Gasteiger partial charge < -0.3 is 28.4 Å². The molecule has 58 heavy (non-hydrogen) atoms. The molecule has 0 spiro atoms. The summed E-state index contributed by atoms with van der Waals surface area (Å²) in [7, 11) is 0. The molecule has 4 aromatic rings. The summed E-state index contributed by atoms with van der Waals surface area (Å²) in [6.45, 7) is 4.71. The highest BCUT2D eigenvalue weighted by Crippen LogP contribution is 2.34. The van der Waals surface area contributed by atoms with E-state index in [1.54, 1.807) is 0 Å². The molecule has 2 saturated carbocycles. The number of hydrogen-bond donors (Lipinski definition) is 0. The van der Waals surface area contributed by atoms with Crippen LogP contribution in [0.5, 0.6) is 23.0 Å². The van der Waals surface area contributed by atoms with Crippen LogP contribution < -0.4 is 18.9 Å². The second-order valence-corrected chi connectivity index (χ2v) is 20.3. The molecule has 0 atom stereocenters. The van der Waals surface area contributed by atoms with Crippen molar-refractivity contribution in [2.45, 2.75) is 115 Å². The van der Waals surface area contributed by atoms with Gasteiger partial charge in [0.1, 0.15) is 47.4 Å². The van der Waals surface area contributed by atoms with Crippen molar-refractivity contribution in [2.24, 2.45) is 0 Å². The first-order valence-corrected chi connectivity index (χ1v) is 24.3. The second kappa shape index (κ2) is 21.6. The van der Waals surface area contributed by atoms with Crippen molar-refractivity contribution < 1.29 is 38.0 Å². The van der Waals surface area contributed by atoms with E-state index in [0.717, 1.165) is 101 Å². The number of benzene rings is 4. The molecule has 0 saturated heterocycles. The van der Waals surface area contributed by atoms with Gasteiger partial charge in [0, 0.05) is 0 Å². The number of halogens is 4. The molecule has 8 nitrogen and oxygen atoms in total. The zero-order valence-corrected chi connectivity index (χ0v) is 41.6. The topological polar surface area (TPSA) is 89.5 Å². The summed E-state index contributed by atoms with van der Waals surface area (Å²) in [4.78, 5) is 25.1. The van der Waals surface area contributed by atoms with Gasteiger partial charge >= 0.3 is 11.9 Å². The van der Waals surface area contributed by atoms with E-state index < -0.39 is 0 Å². The molecule has 6 rings (SSSR count). The summed E-state index contributed by atoms with van der Waals surface area (Å²) in [6.07, 6.45) is 12.3. The van der Waals surface area contributed by atoms with E-state index in [1.807, 2.05) is 62.4 Å². The molecule has 0 aliphatic heterocycles. The van der Waals surface area contributed by atoms with Crippen LogP contribution in [0.2, 0.25) is 0 Å². The fraction of sp³-hybridized carbons (Fsp3) is 0.435. The van der Waals surface area contributed by atoms with Crippen molar-refractivity contribution in [1.29, 1.82) is 0 Å². The van der Waals surface area contributed by atoms with Gasteiger partial charge in [0.05, 0.1) is 14.3 Å². The second-order valence-electron chi connectivity index (χ2n) is 15.7. The number of ether oxygens (including phenoxy) is 6. The molecule has 0 unspecified atom stereocenters. The predicted molar refractivity (Wildman–Crippen MR) is 259 cm³/mol. The first-order chi connectivity index (χ1) is 27.8. The lowest BCUT2D eigenvalue weighted by atomic mass is 9.86. The Balaban J connectivity index is 0.905. The Kier molecular flexibility index (Phi) is 17.0. The van der Waals surface area contributed by atoms with Gasteiger partial charge in [0.15, 0.2) is 13.2 Å². The van der Waals surface area contributed by atoms with Crippen LogP contribution in [-0.2, 0) is 45.1 Å². The third-order valence-corrected chi connectivity index (χ3v) is 13.9. The van der Waals surface area contributed by atoms with Crippen molar-refractivity contribution in [3.8, 4) is 23.0 Å². The standard InChI is InChI=1S/C46H50I4O8/c1-45(19-5-3-6-20-45)57-41(51)29-55-43-37(47)23-33(24-38(43)48)27-53-35-15-11-31(12-16-35)9-10-32-13-17-36(18-14-32)54-28-34-25-39(49)44(40(50)26-34)56-30-42(52)58-46(2)21-7-4-8-22-46/h11-18,23-26H,3-10,19-22,27-30H2,1-2H3. The Labute approximate surface area is 397 Å². The maximum absolute atomic E-state index is 12.5. The maximum atomic E-state index is 12.5. The van der Waals surface area contributed by atoms with Gasteiger partial charge in [-0.25, -0.2) is 9.59 Å². The van der Waals surface area contributed by atoms with E-state index in [0.29, 0.717) is 24.7 Å². The maximum Gasteiger partial charge on any atom is 0.344 e. The average Bonchev–Trinajstić information content (AvgIpc) is 3.19. The van der Waals surface area contributed by atoms with Gasteiger partial charge in [0.2, 0.25) is 0 Å². The van der Waals surface area contributed by atoms with Crippen molar-refractivity contribution in [1.82, 2.24) is 0 Å². The first-order valence-electron chi connectivity index (χ1n) is 19.9. The summed E-state index contributed by atoms with van der Waals surface area (Å²) < 4.78 is 39.4. The summed E-state index contributed by atoms with van der Waals surface area (Å²) >= 11 is 9.00. The van der Waals surface area contributed by atoms with Crippen LogP contribution in [0.3, 0.4) is 0 Å². The van der Waals surface area contributed by atoms with Crippen LogP contribution in [0, 0.1) is 14.3 Å². The Morgan fingerprint density at radius 2 is 0.810 bits per heavy atom. The van der Waals surface area contributed by atoms with Gasteiger partial charge in [-0.15, -0.1) is 0 Å². The molecule has 2 fully saturated rings. The minimum Gasteiger partial charge on any atom is -0.489 e. The Hall–Kier alpha value is -2.06. The lowest BCUT2D eigenvalue weighted by Gasteiger charge is -2.33. The van der Waals surface area contributed by atoms with Gasteiger partial charge in [-0.2, -0.15) is 0 Å². The zero-order valence-electron chi connectivity index (χ0n) is 33.0. The van der Waals surface area contributed by atoms with Crippen LogP contribution in [0.1, 0.15) is 100 Å². The van der Waals surface area contributed by atoms with Gasteiger partial charge in [-0.05, 0) is 239 Å². The summed E-state index contributed by atoms with van der Waals surface area (Å²) in [6, 6.07) is 24.7. The van der Waals surface area contributed by atoms with Crippen LogP contribution in [0.25, 0.3) is 0 Å². The molecule has 0 radical (unpaired) electrons. The Morgan fingerprint density at radius 1 is 0.483 bits per heavy atom. The highest BCUT2D eigenvalue weighted by atomic mass is 127. The molecule has 2 aliphatic rings. The largest absolute Gasteiger partial charge is 0.489 e. The molecule has 310 valence electrons.